The maximum Gasteiger partial charge on any atom is 0.264 e. The van der Waals surface area contributed by atoms with Gasteiger partial charge in [-0.1, -0.05) is 72.6 Å². The molecule has 0 radical (unpaired) electrons. The Kier molecular flexibility index (Phi) is 12.1. The quantitative estimate of drug-likeness (QED) is 0.243. The van der Waals surface area contributed by atoms with E-state index < -0.39 is 0 Å². The van der Waals surface area contributed by atoms with Gasteiger partial charge in [-0.05, 0) is 100 Å². The lowest BCUT2D eigenvalue weighted by molar-refractivity contribution is 0.0512. The van der Waals surface area contributed by atoms with Gasteiger partial charge in [0, 0.05) is 19.7 Å². The normalized spacial score (nSPS) is 19.0. The van der Waals surface area contributed by atoms with E-state index in [1.807, 2.05) is 19.0 Å². The van der Waals surface area contributed by atoms with Crippen LogP contribution >= 0.6 is 12.2 Å². The van der Waals surface area contributed by atoms with Crippen molar-refractivity contribution in [3.8, 4) is 11.5 Å². The SMILES string of the molecule is Cc1c(C)c2c(c(C)c1OC(=S)N(C)C)CC[C@@](C)(CCC[C@H](C)CCC[C@H](C)CCCC(C)C)O2. The van der Waals surface area contributed by atoms with Gasteiger partial charge in [0.15, 0.2) is 0 Å². The van der Waals surface area contributed by atoms with Crippen molar-refractivity contribution >= 4 is 17.4 Å². The molecule has 1 aliphatic rings. The maximum atomic E-state index is 6.77. The van der Waals surface area contributed by atoms with E-state index in [2.05, 4.69) is 55.4 Å². The number of thiocarbonyl (C=S) groups is 1. The first-order valence-corrected chi connectivity index (χ1v) is 15.0. The molecule has 0 bridgehead atoms. The van der Waals surface area contributed by atoms with E-state index >= 15 is 0 Å². The van der Waals surface area contributed by atoms with Crippen LogP contribution in [0.3, 0.4) is 0 Å². The summed E-state index contributed by atoms with van der Waals surface area (Å²) in [4.78, 5) is 1.84. The minimum Gasteiger partial charge on any atom is -0.487 e. The van der Waals surface area contributed by atoms with Gasteiger partial charge in [-0.3, -0.25) is 0 Å². The van der Waals surface area contributed by atoms with Gasteiger partial charge in [-0.15, -0.1) is 0 Å². The Morgan fingerprint density at radius 2 is 1.44 bits per heavy atom. The molecule has 1 aliphatic heterocycles. The van der Waals surface area contributed by atoms with Gasteiger partial charge in [-0.25, -0.2) is 0 Å². The molecule has 0 N–H and O–H groups in total. The van der Waals surface area contributed by atoms with Crippen LogP contribution in [0.4, 0.5) is 0 Å². The summed E-state index contributed by atoms with van der Waals surface area (Å²) in [7, 11) is 3.84. The Labute approximate surface area is 228 Å². The van der Waals surface area contributed by atoms with Crippen LogP contribution in [-0.4, -0.2) is 29.8 Å². The summed E-state index contributed by atoms with van der Waals surface area (Å²) in [6, 6.07) is 0. The molecule has 2 rings (SSSR count). The molecule has 0 fully saturated rings. The number of ether oxygens (including phenoxy) is 2. The fourth-order valence-electron chi connectivity index (χ4n) is 5.59. The molecule has 3 atom stereocenters. The summed E-state index contributed by atoms with van der Waals surface area (Å²) < 4.78 is 12.9. The molecule has 1 aromatic rings. The Hall–Kier alpha value is -1.29. The predicted molar refractivity (Wildman–Crippen MR) is 160 cm³/mol. The molecule has 0 saturated heterocycles. The van der Waals surface area contributed by atoms with Gasteiger partial charge in [0.1, 0.15) is 17.1 Å². The minimum absolute atomic E-state index is 0.0808. The number of hydrogen-bond acceptors (Lipinski definition) is 3. The predicted octanol–water partition coefficient (Wildman–Crippen LogP) is 9.36. The highest BCUT2D eigenvalue weighted by Gasteiger charge is 2.34. The second kappa shape index (κ2) is 14.0. The van der Waals surface area contributed by atoms with Crippen molar-refractivity contribution in [1.29, 1.82) is 0 Å². The standard InChI is InChI=1S/C32H55NO2S/c1-22(2)14-11-15-23(3)16-12-17-24(4)18-13-20-32(8)21-19-28-27(7)29(34-31(36)33(9)10)25(5)26(6)30(28)35-32/h22-24H,11-21H2,1-10H3/t23-,24-,32-/m1/s1. The van der Waals surface area contributed by atoms with Gasteiger partial charge in [0.2, 0.25) is 0 Å². The molecule has 3 nitrogen and oxygen atoms in total. The number of nitrogens with zero attached hydrogens (tertiary/aromatic N) is 1. The van der Waals surface area contributed by atoms with Crippen molar-refractivity contribution in [3.05, 3.63) is 22.3 Å². The van der Waals surface area contributed by atoms with E-state index in [9.17, 15) is 0 Å². The van der Waals surface area contributed by atoms with Crippen LogP contribution in [0, 0.1) is 38.5 Å². The Balaban J connectivity index is 1.86. The Bertz CT molecular complexity index is 862. The third-order valence-corrected chi connectivity index (χ3v) is 8.84. The van der Waals surface area contributed by atoms with E-state index in [4.69, 9.17) is 21.7 Å². The Morgan fingerprint density at radius 1 is 0.889 bits per heavy atom. The van der Waals surface area contributed by atoms with Crippen LogP contribution in [0.1, 0.15) is 121 Å². The van der Waals surface area contributed by atoms with Crippen molar-refractivity contribution in [2.24, 2.45) is 17.8 Å². The molecule has 36 heavy (non-hydrogen) atoms. The lowest BCUT2D eigenvalue weighted by atomic mass is 9.83. The molecule has 0 unspecified atom stereocenters. The maximum absolute atomic E-state index is 6.77. The lowest BCUT2D eigenvalue weighted by Gasteiger charge is -2.38. The van der Waals surface area contributed by atoms with Gasteiger partial charge in [-0.2, -0.15) is 0 Å². The molecule has 4 heteroatoms. The highest BCUT2D eigenvalue weighted by Crippen LogP contribution is 2.45. The van der Waals surface area contributed by atoms with Gasteiger partial charge < -0.3 is 14.4 Å². The second-order valence-electron chi connectivity index (χ2n) is 12.7. The zero-order valence-corrected chi connectivity index (χ0v) is 26.0. The van der Waals surface area contributed by atoms with Crippen LogP contribution in [0.5, 0.6) is 11.5 Å². The zero-order chi connectivity index (χ0) is 27.0. The first-order valence-electron chi connectivity index (χ1n) is 14.5. The highest BCUT2D eigenvalue weighted by atomic mass is 32.1. The summed E-state index contributed by atoms with van der Waals surface area (Å²) in [5.74, 6) is 4.52. The summed E-state index contributed by atoms with van der Waals surface area (Å²) in [6.45, 7) is 18.3. The molecule has 1 aromatic carbocycles. The van der Waals surface area contributed by atoms with Crippen LogP contribution in [0.25, 0.3) is 0 Å². The molecular formula is C32H55NO2S. The summed E-state index contributed by atoms with van der Waals surface area (Å²) in [5.41, 5.74) is 4.71. The molecule has 1 heterocycles. The molecular weight excluding hydrogens is 462 g/mol. The lowest BCUT2D eigenvalue weighted by Crippen LogP contribution is -2.37. The van der Waals surface area contributed by atoms with Crippen LogP contribution in [-0.2, 0) is 6.42 Å². The zero-order valence-electron chi connectivity index (χ0n) is 25.2. The first-order chi connectivity index (χ1) is 16.8. The van der Waals surface area contributed by atoms with Crippen LogP contribution < -0.4 is 9.47 Å². The van der Waals surface area contributed by atoms with Gasteiger partial charge in [0.25, 0.3) is 5.17 Å². The minimum atomic E-state index is -0.0808. The fourth-order valence-corrected chi connectivity index (χ4v) is 5.68. The monoisotopic (exact) mass is 517 g/mol. The second-order valence-corrected chi connectivity index (χ2v) is 13.0. The van der Waals surface area contributed by atoms with Gasteiger partial charge >= 0.3 is 0 Å². The van der Waals surface area contributed by atoms with E-state index in [0.717, 1.165) is 54.1 Å². The fraction of sp³-hybridized carbons (Fsp3) is 0.781. The average molecular weight is 518 g/mol. The largest absolute Gasteiger partial charge is 0.487 e. The van der Waals surface area contributed by atoms with Gasteiger partial charge in [0.05, 0.1) is 0 Å². The third-order valence-electron chi connectivity index (χ3n) is 8.39. The molecule has 206 valence electrons. The van der Waals surface area contributed by atoms with E-state index in [-0.39, 0.29) is 5.60 Å². The van der Waals surface area contributed by atoms with Crippen LogP contribution in [0.2, 0.25) is 0 Å². The van der Waals surface area contributed by atoms with Crippen molar-refractivity contribution < 1.29 is 9.47 Å². The molecule has 0 saturated carbocycles. The smallest absolute Gasteiger partial charge is 0.264 e. The number of fused-ring (bicyclic) bond motifs is 1. The third kappa shape index (κ3) is 8.92. The van der Waals surface area contributed by atoms with Crippen molar-refractivity contribution in [2.45, 2.75) is 132 Å². The van der Waals surface area contributed by atoms with E-state index in [1.54, 1.807) is 0 Å². The van der Waals surface area contributed by atoms with E-state index in [0.29, 0.717) is 5.17 Å². The topological polar surface area (TPSA) is 21.7 Å². The molecule has 0 spiro atoms. The Morgan fingerprint density at radius 3 is 2.00 bits per heavy atom. The summed E-state index contributed by atoms with van der Waals surface area (Å²) in [5, 5.41) is 0.497. The first kappa shape index (κ1) is 30.9. The summed E-state index contributed by atoms with van der Waals surface area (Å²) >= 11 is 5.42. The molecule has 0 aliphatic carbocycles. The number of hydrogen-bond donors (Lipinski definition) is 0. The molecule has 0 amide bonds. The van der Waals surface area contributed by atoms with Crippen LogP contribution in [0.15, 0.2) is 0 Å². The summed E-state index contributed by atoms with van der Waals surface area (Å²) in [6.07, 6.45) is 14.1. The highest BCUT2D eigenvalue weighted by molar-refractivity contribution is 7.80. The molecule has 0 aromatic heterocycles. The number of rotatable bonds is 13. The number of benzene rings is 1. The van der Waals surface area contributed by atoms with Crippen molar-refractivity contribution in [2.75, 3.05) is 14.1 Å². The van der Waals surface area contributed by atoms with Crippen molar-refractivity contribution in [3.63, 3.8) is 0 Å². The average Bonchev–Trinajstić information content (AvgIpc) is 2.79. The van der Waals surface area contributed by atoms with Crippen molar-refractivity contribution in [1.82, 2.24) is 4.90 Å². The van der Waals surface area contributed by atoms with E-state index in [1.165, 1.54) is 68.1 Å².